The first-order chi connectivity index (χ1) is 18.7. The first-order valence-electron chi connectivity index (χ1n) is 14.5. The molecule has 2 fully saturated rings. The Kier molecular flexibility index (Phi) is 11.9. The summed E-state index contributed by atoms with van der Waals surface area (Å²) in [6.07, 6.45) is 9.62. The van der Waals surface area contributed by atoms with E-state index in [9.17, 15) is 14.3 Å². The zero-order chi connectivity index (χ0) is 28.4. The minimum atomic E-state index is -0.738. The molecule has 1 aliphatic carbocycles. The first-order valence-corrected chi connectivity index (χ1v) is 14.5. The Balaban J connectivity index is 0.000000983. The number of aromatic nitrogens is 2. The number of carboxylic acid groups (broad SMARTS) is 1. The Morgan fingerprint density at radius 1 is 1.15 bits per heavy atom. The average Bonchev–Trinajstić information content (AvgIpc) is 3.55. The van der Waals surface area contributed by atoms with E-state index in [1.165, 1.54) is 24.2 Å². The number of aryl methyl sites for hydroxylation is 1. The van der Waals surface area contributed by atoms with E-state index in [0.717, 1.165) is 69.5 Å². The van der Waals surface area contributed by atoms with E-state index in [0.29, 0.717) is 17.9 Å². The molecule has 39 heavy (non-hydrogen) atoms. The van der Waals surface area contributed by atoms with Crippen molar-refractivity contribution >= 4 is 5.97 Å². The van der Waals surface area contributed by atoms with Gasteiger partial charge in [-0.05, 0) is 87.7 Å². The van der Waals surface area contributed by atoms with E-state index >= 15 is 0 Å². The number of nitrogens with zero attached hydrogens (tertiary/aromatic N) is 3. The maximum atomic E-state index is 13.2. The second-order valence-corrected chi connectivity index (χ2v) is 11.3. The highest BCUT2D eigenvalue weighted by Crippen LogP contribution is 2.32. The maximum Gasteiger partial charge on any atom is 0.320 e. The molecule has 0 spiro atoms. The lowest BCUT2D eigenvalue weighted by Gasteiger charge is -2.33. The van der Waals surface area contributed by atoms with Gasteiger partial charge in [0.2, 0.25) is 0 Å². The third kappa shape index (κ3) is 9.14. The number of likely N-dealkylation sites (tertiary alicyclic amines) is 1. The summed E-state index contributed by atoms with van der Waals surface area (Å²) in [4.78, 5) is 14.1. The van der Waals surface area contributed by atoms with Gasteiger partial charge in [0.25, 0.3) is 0 Å². The maximum absolute atomic E-state index is 13.2. The molecule has 2 heterocycles. The van der Waals surface area contributed by atoms with E-state index in [4.69, 9.17) is 5.10 Å². The highest BCUT2D eigenvalue weighted by molar-refractivity contribution is 5.73. The molecule has 214 valence electrons. The average molecular weight is 539 g/mol. The van der Waals surface area contributed by atoms with Gasteiger partial charge in [-0.15, -0.1) is 0 Å². The van der Waals surface area contributed by atoms with Crippen molar-refractivity contribution in [3.05, 3.63) is 78.4 Å². The SMILES string of the molecule is C=CC=C.CCn1nc(Cc2ccc(F)cc2)cc1C1CCN(CC2CCC(NC(C(=O)O)C(C)C)C2)CC1. The van der Waals surface area contributed by atoms with Crippen molar-refractivity contribution in [3.63, 3.8) is 0 Å². The Bertz CT molecular complexity index is 1050. The number of nitrogens with one attached hydrogen (secondary N) is 1. The molecule has 6 nitrogen and oxygen atoms in total. The summed E-state index contributed by atoms with van der Waals surface area (Å²) in [7, 11) is 0. The molecule has 3 unspecified atom stereocenters. The van der Waals surface area contributed by atoms with Crippen LogP contribution < -0.4 is 5.32 Å². The summed E-state index contributed by atoms with van der Waals surface area (Å²) in [6.45, 7) is 17.0. The molecular formula is C32H47FN4O2. The quantitative estimate of drug-likeness (QED) is 0.342. The number of carboxylic acids is 1. The number of carbonyl (C=O) groups is 1. The van der Waals surface area contributed by atoms with Crippen molar-refractivity contribution < 1.29 is 14.3 Å². The van der Waals surface area contributed by atoms with Crippen LogP contribution in [0.4, 0.5) is 4.39 Å². The third-order valence-corrected chi connectivity index (χ3v) is 8.04. The number of hydrogen-bond donors (Lipinski definition) is 2. The molecule has 2 N–H and O–H groups in total. The minimum absolute atomic E-state index is 0.0957. The van der Waals surface area contributed by atoms with E-state index < -0.39 is 12.0 Å². The van der Waals surface area contributed by atoms with Crippen LogP contribution in [-0.4, -0.2) is 57.5 Å². The molecule has 1 aromatic carbocycles. The molecule has 1 saturated carbocycles. The highest BCUT2D eigenvalue weighted by Gasteiger charge is 2.32. The van der Waals surface area contributed by atoms with Crippen LogP contribution in [0.1, 0.15) is 75.7 Å². The lowest BCUT2D eigenvalue weighted by atomic mass is 9.92. The van der Waals surface area contributed by atoms with Gasteiger partial charge in [0.1, 0.15) is 11.9 Å². The number of aliphatic carboxylic acids is 1. The van der Waals surface area contributed by atoms with Crippen molar-refractivity contribution in [2.24, 2.45) is 11.8 Å². The van der Waals surface area contributed by atoms with Crippen LogP contribution in [0.15, 0.2) is 55.6 Å². The topological polar surface area (TPSA) is 70.4 Å². The number of hydrogen-bond acceptors (Lipinski definition) is 4. The number of rotatable bonds is 11. The molecule has 1 aromatic heterocycles. The summed E-state index contributed by atoms with van der Waals surface area (Å²) in [6, 6.07) is 8.83. The van der Waals surface area contributed by atoms with Crippen molar-refractivity contribution in [3.8, 4) is 0 Å². The number of benzene rings is 1. The second-order valence-electron chi connectivity index (χ2n) is 11.3. The van der Waals surface area contributed by atoms with Gasteiger partial charge in [0, 0.05) is 37.2 Å². The Morgan fingerprint density at radius 2 is 1.82 bits per heavy atom. The molecule has 2 aromatic rings. The molecule has 0 amide bonds. The standard InChI is InChI=1S/C28H41FN4O2.C4H6/c1-4-33-26(17-25(31-33)15-20-5-8-23(29)9-6-20)22-11-13-32(14-12-22)18-21-7-10-24(16-21)30-27(19(2)3)28(34)35;1-3-4-2/h5-6,8-9,17,19,21-22,24,27,30H,4,7,10-16,18H2,1-3H3,(H,34,35);3-4H,1-2H2. The van der Waals surface area contributed by atoms with Crippen LogP contribution in [0, 0.1) is 17.7 Å². The lowest BCUT2D eigenvalue weighted by molar-refractivity contribution is -0.140. The lowest BCUT2D eigenvalue weighted by Crippen LogP contribution is -2.45. The smallest absolute Gasteiger partial charge is 0.320 e. The second kappa shape index (κ2) is 15.1. The molecule has 0 radical (unpaired) electrons. The largest absolute Gasteiger partial charge is 0.480 e. The fraction of sp³-hybridized carbons (Fsp3) is 0.562. The van der Waals surface area contributed by atoms with Crippen LogP contribution in [-0.2, 0) is 17.8 Å². The van der Waals surface area contributed by atoms with E-state index in [2.05, 4.69) is 41.0 Å². The molecule has 1 saturated heterocycles. The zero-order valence-electron chi connectivity index (χ0n) is 24.0. The van der Waals surface area contributed by atoms with Crippen molar-refractivity contribution in [1.82, 2.24) is 20.0 Å². The van der Waals surface area contributed by atoms with Crippen molar-refractivity contribution in [1.29, 1.82) is 0 Å². The van der Waals surface area contributed by atoms with Crippen LogP contribution in [0.25, 0.3) is 0 Å². The number of allylic oxidation sites excluding steroid dienone is 2. The summed E-state index contributed by atoms with van der Waals surface area (Å²) >= 11 is 0. The van der Waals surface area contributed by atoms with E-state index in [1.54, 1.807) is 12.2 Å². The monoisotopic (exact) mass is 538 g/mol. The molecule has 4 rings (SSSR count). The van der Waals surface area contributed by atoms with Crippen LogP contribution in [0.5, 0.6) is 0 Å². The van der Waals surface area contributed by atoms with Gasteiger partial charge < -0.3 is 15.3 Å². The molecule has 1 aliphatic heterocycles. The van der Waals surface area contributed by atoms with Gasteiger partial charge in [-0.3, -0.25) is 9.48 Å². The van der Waals surface area contributed by atoms with Crippen molar-refractivity contribution in [2.45, 2.75) is 83.8 Å². The van der Waals surface area contributed by atoms with Gasteiger partial charge >= 0.3 is 5.97 Å². The predicted molar refractivity (Wildman–Crippen MR) is 156 cm³/mol. The normalized spacial score (nSPS) is 20.8. The Morgan fingerprint density at radius 3 is 2.38 bits per heavy atom. The zero-order valence-corrected chi connectivity index (χ0v) is 24.0. The minimum Gasteiger partial charge on any atom is -0.480 e. The summed E-state index contributed by atoms with van der Waals surface area (Å²) in [5.74, 6) is 0.330. The molecule has 3 atom stereocenters. The molecule has 2 aliphatic rings. The fourth-order valence-electron chi connectivity index (χ4n) is 5.94. The van der Waals surface area contributed by atoms with Crippen molar-refractivity contribution in [2.75, 3.05) is 19.6 Å². The first kappa shape index (κ1) is 30.8. The van der Waals surface area contributed by atoms with Gasteiger partial charge in [-0.2, -0.15) is 5.10 Å². The van der Waals surface area contributed by atoms with Gasteiger partial charge in [0.05, 0.1) is 5.69 Å². The predicted octanol–water partition coefficient (Wildman–Crippen LogP) is 6.04. The molecule has 7 heteroatoms. The number of halogens is 1. The van der Waals surface area contributed by atoms with E-state index in [-0.39, 0.29) is 11.7 Å². The van der Waals surface area contributed by atoms with Crippen LogP contribution >= 0.6 is 0 Å². The number of piperidine rings is 1. The summed E-state index contributed by atoms with van der Waals surface area (Å²) < 4.78 is 15.4. The van der Waals surface area contributed by atoms with Gasteiger partial charge in [-0.25, -0.2) is 4.39 Å². The fourth-order valence-corrected chi connectivity index (χ4v) is 5.94. The molecular weight excluding hydrogens is 491 g/mol. The van der Waals surface area contributed by atoms with Crippen LogP contribution in [0.2, 0.25) is 0 Å². The highest BCUT2D eigenvalue weighted by atomic mass is 19.1. The van der Waals surface area contributed by atoms with E-state index in [1.807, 2.05) is 26.0 Å². The van der Waals surface area contributed by atoms with Gasteiger partial charge in [0.15, 0.2) is 0 Å². The third-order valence-electron chi connectivity index (χ3n) is 8.04. The summed E-state index contributed by atoms with van der Waals surface area (Å²) in [5, 5.41) is 17.7. The Labute approximate surface area is 234 Å². The molecule has 0 bridgehead atoms. The summed E-state index contributed by atoms with van der Waals surface area (Å²) in [5.41, 5.74) is 3.48. The Hall–Kier alpha value is -2.77. The van der Waals surface area contributed by atoms with Gasteiger partial charge in [-0.1, -0.05) is 51.3 Å². The van der Waals surface area contributed by atoms with Crippen LogP contribution in [0.3, 0.4) is 0 Å².